The molecule has 2 rings (SSSR count). The molecule has 0 aromatic heterocycles. The van der Waals surface area contributed by atoms with Gasteiger partial charge in [-0.1, -0.05) is 39.0 Å². The molecule has 2 saturated carbocycles. The van der Waals surface area contributed by atoms with Crippen molar-refractivity contribution in [2.75, 3.05) is 6.54 Å². The zero-order chi connectivity index (χ0) is 12.4. The van der Waals surface area contributed by atoms with E-state index in [1.54, 1.807) is 0 Å². The maximum absolute atomic E-state index is 6.56. The lowest BCUT2D eigenvalue weighted by Crippen LogP contribution is -2.57. The highest BCUT2D eigenvalue weighted by Crippen LogP contribution is 2.32. The first-order valence-electron chi connectivity index (χ1n) is 7.55. The minimum absolute atomic E-state index is 0.0676. The molecule has 3 N–H and O–H groups in total. The molecule has 100 valence electrons. The Morgan fingerprint density at radius 2 is 1.82 bits per heavy atom. The number of nitrogens with one attached hydrogen (secondary N) is 1. The first-order chi connectivity index (χ1) is 8.02. The van der Waals surface area contributed by atoms with E-state index >= 15 is 0 Å². The molecule has 2 nitrogen and oxygen atoms in total. The van der Waals surface area contributed by atoms with Gasteiger partial charge in [0.05, 0.1) is 0 Å². The second kappa shape index (κ2) is 5.27. The molecule has 17 heavy (non-hydrogen) atoms. The normalized spacial score (nSPS) is 37.9. The van der Waals surface area contributed by atoms with Crippen LogP contribution >= 0.6 is 0 Å². The fourth-order valence-corrected chi connectivity index (χ4v) is 3.76. The molecule has 2 aliphatic rings. The van der Waals surface area contributed by atoms with Gasteiger partial charge >= 0.3 is 0 Å². The molecule has 2 fully saturated rings. The molecule has 0 aliphatic heterocycles. The van der Waals surface area contributed by atoms with Crippen LogP contribution in [-0.4, -0.2) is 17.6 Å². The lowest BCUT2D eigenvalue weighted by atomic mass is 9.76. The van der Waals surface area contributed by atoms with Gasteiger partial charge in [-0.3, -0.25) is 0 Å². The van der Waals surface area contributed by atoms with Crippen molar-refractivity contribution in [1.82, 2.24) is 5.32 Å². The van der Waals surface area contributed by atoms with Gasteiger partial charge in [0, 0.05) is 17.6 Å². The third-order valence-electron chi connectivity index (χ3n) is 4.95. The van der Waals surface area contributed by atoms with Crippen molar-refractivity contribution in [2.45, 2.75) is 82.7 Å². The summed E-state index contributed by atoms with van der Waals surface area (Å²) < 4.78 is 0. The average molecular weight is 238 g/mol. The summed E-state index contributed by atoms with van der Waals surface area (Å²) in [6.07, 6.45) is 12.0. The SMILES string of the molecule is CC1CCCC(N)(CNC2(C)CCCCC2)C1. The average Bonchev–Trinajstić information content (AvgIpc) is 2.28. The highest BCUT2D eigenvalue weighted by atomic mass is 15.0. The van der Waals surface area contributed by atoms with Gasteiger partial charge in [0.15, 0.2) is 0 Å². The van der Waals surface area contributed by atoms with Crippen molar-refractivity contribution >= 4 is 0 Å². The third kappa shape index (κ3) is 3.69. The second-order valence-corrected chi connectivity index (χ2v) is 7.04. The Kier molecular flexibility index (Phi) is 4.14. The van der Waals surface area contributed by atoms with E-state index in [1.807, 2.05) is 0 Å². The molecule has 2 atom stereocenters. The quantitative estimate of drug-likeness (QED) is 0.792. The number of hydrogen-bond donors (Lipinski definition) is 2. The van der Waals surface area contributed by atoms with Crippen LogP contribution in [0.3, 0.4) is 0 Å². The Morgan fingerprint density at radius 1 is 1.12 bits per heavy atom. The molecular weight excluding hydrogens is 208 g/mol. The smallest absolute Gasteiger partial charge is 0.0283 e. The van der Waals surface area contributed by atoms with Crippen molar-refractivity contribution in [3.05, 3.63) is 0 Å². The molecule has 0 spiro atoms. The molecule has 0 aromatic carbocycles. The van der Waals surface area contributed by atoms with Crippen molar-refractivity contribution in [2.24, 2.45) is 11.7 Å². The molecule has 0 aromatic rings. The lowest BCUT2D eigenvalue weighted by molar-refractivity contribution is 0.184. The second-order valence-electron chi connectivity index (χ2n) is 7.04. The summed E-state index contributed by atoms with van der Waals surface area (Å²) in [7, 11) is 0. The van der Waals surface area contributed by atoms with Crippen molar-refractivity contribution in [1.29, 1.82) is 0 Å². The van der Waals surface area contributed by atoms with Crippen LogP contribution in [0.2, 0.25) is 0 Å². The van der Waals surface area contributed by atoms with Gasteiger partial charge in [-0.2, -0.15) is 0 Å². The molecule has 0 amide bonds. The van der Waals surface area contributed by atoms with Gasteiger partial charge in [-0.25, -0.2) is 0 Å². The summed E-state index contributed by atoms with van der Waals surface area (Å²) >= 11 is 0. The number of nitrogens with two attached hydrogens (primary N) is 1. The first kappa shape index (κ1) is 13.4. The number of hydrogen-bond acceptors (Lipinski definition) is 2. The number of rotatable bonds is 3. The third-order valence-corrected chi connectivity index (χ3v) is 4.95. The maximum atomic E-state index is 6.56. The van der Waals surface area contributed by atoms with Crippen LogP contribution in [0.25, 0.3) is 0 Å². The molecule has 0 heterocycles. The summed E-state index contributed by atoms with van der Waals surface area (Å²) in [6.45, 7) is 5.76. The van der Waals surface area contributed by atoms with Gasteiger partial charge in [0.2, 0.25) is 0 Å². The van der Waals surface area contributed by atoms with Crippen LogP contribution in [0, 0.1) is 5.92 Å². The van der Waals surface area contributed by atoms with E-state index in [9.17, 15) is 0 Å². The summed E-state index contributed by atoms with van der Waals surface area (Å²) in [5.41, 5.74) is 7.00. The minimum atomic E-state index is 0.0676. The van der Waals surface area contributed by atoms with Crippen LogP contribution in [0.1, 0.15) is 71.6 Å². The molecule has 0 bridgehead atoms. The Bertz CT molecular complexity index is 245. The van der Waals surface area contributed by atoms with Crippen molar-refractivity contribution < 1.29 is 0 Å². The first-order valence-corrected chi connectivity index (χ1v) is 7.55. The van der Waals surface area contributed by atoms with Crippen LogP contribution in [0.4, 0.5) is 0 Å². The van der Waals surface area contributed by atoms with E-state index in [-0.39, 0.29) is 5.54 Å². The zero-order valence-electron chi connectivity index (χ0n) is 11.7. The van der Waals surface area contributed by atoms with E-state index < -0.39 is 0 Å². The fourth-order valence-electron chi connectivity index (χ4n) is 3.76. The van der Waals surface area contributed by atoms with Gasteiger partial charge in [0.25, 0.3) is 0 Å². The highest BCUT2D eigenvalue weighted by molar-refractivity contribution is 4.95. The summed E-state index contributed by atoms with van der Waals surface area (Å²) in [5.74, 6) is 0.815. The summed E-state index contributed by atoms with van der Waals surface area (Å²) in [6, 6.07) is 0. The van der Waals surface area contributed by atoms with Crippen LogP contribution < -0.4 is 11.1 Å². The largest absolute Gasteiger partial charge is 0.324 e. The standard InChI is InChI=1S/C15H30N2/c1-13-7-6-10-15(16,11-13)12-17-14(2)8-4-3-5-9-14/h13,17H,3-12,16H2,1-2H3. The Labute approximate surface area is 107 Å². The molecule has 2 unspecified atom stereocenters. The molecule has 0 saturated heterocycles. The van der Waals surface area contributed by atoms with E-state index in [1.165, 1.54) is 57.8 Å². The summed E-state index contributed by atoms with van der Waals surface area (Å²) in [5, 5.41) is 3.80. The Hall–Kier alpha value is -0.0800. The molecule has 2 heteroatoms. The van der Waals surface area contributed by atoms with Gasteiger partial charge in [0.1, 0.15) is 0 Å². The predicted octanol–water partition coefficient (Wildman–Crippen LogP) is 3.21. The van der Waals surface area contributed by atoms with Crippen molar-refractivity contribution in [3.8, 4) is 0 Å². The van der Waals surface area contributed by atoms with E-state index in [0.717, 1.165) is 12.5 Å². The highest BCUT2D eigenvalue weighted by Gasteiger charge is 2.34. The van der Waals surface area contributed by atoms with Gasteiger partial charge in [-0.05, 0) is 38.5 Å². The predicted molar refractivity (Wildman–Crippen MR) is 74.0 cm³/mol. The molecular formula is C15H30N2. The topological polar surface area (TPSA) is 38.0 Å². The fraction of sp³-hybridized carbons (Fsp3) is 1.00. The van der Waals surface area contributed by atoms with E-state index in [4.69, 9.17) is 5.73 Å². The van der Waals surface area contributed by atoms with Gasteiger partial charge < -0.3 is 11.1 Å². The molecule has 0 radical (unpaired) electrons. The lowest BCUT2D eigenvalue weighted by Gasteiger charge is -2.42. The zero-order valence-corrected chi connectivity index (χ0v) is 11.7. The van der Waals surface area contributed by atoms with E-state index in [2.05, 4.69) is 19.2 Å². The van der Waals surface area contributed by atoms with Crippen LogP contribution in [0.5, 0.6) is 0 Å². The van der Waals surface area contributed by atoms with Crippen LogP contribution in [0.15, 0.2) is 0 Å². The Balaban J connectivity index is 1.83. The van der Waals surface area contributed by atoms with E-state index in [0.29, 0.717) is 5.54 Å². The van der Waals surface area contributed by atoms with Crippen LogP contribution in [-0.2, 0) is 0 Å². The Morgan fingerprint density at radius 3 is 2.47 bits per heavy atom. The summed E-state index contributed by atoms with van der Waals surface area (Å²) in [4.78, 5) is 0. The monoisotopic (exact) mass is 238 g/mol. The minimum Gasteiger partial charge on any atom is -0.324 e. The van der Waals surface area contributed by atoms with Crippen molar-refractivity contribution in [3.63, 3.8) is 0 Å². The maximum Gasteiger partial charge on any atom is 0.0283 e. The molecule has 2 aliphatic carbocycles. The van der Waals surface area contributed by atoms with Gasteiger partial charge in [-0.15, -0.1) is 0 Å².